The van der Waals surface area contributed by atoms with Crippen molar-refractivity contribution in [3.63, 3.8) is 0 Å². The van der Waals surface area contributed by atoms with Crippen molar-refractivity contribution in [1.82, 2.24) is 10.2 Å². The number of rotatable bonds is 4. The van der Waals surface area contributed by atoms with Crippen molar-refractivity contribution in [2.75, 3.05) is 31.9 Å². The van der Waals surface area contributed by atoms with Gasteiger partial charge in [0.25, 0.3) is 0 Å². The van der Waals surface area contributed by atoms with Crippen LogP contribution in [0.3, 0.4) is 0 Å². The number of hydrogen-bond donors (Lipinski definition) is 2. The molecule has 1 aliphatic rings. The first-order chi connectivity index (χ1) is 11.7. The van der Waals surface area contributed by atoms with Gasteiger partial charge in [0.2, 0.25) is 0 Å². The maximum absolute atomic E-state index is 12.2. The lowest BCUT2D eigenvalue weighted by atomic mass is 10.1. The van der Waals surface area contributed by atoms with Gasteiger partial charge in [0.05, 0.1) is 23.1 Å². The predicted molar refractivity (Wildman–Crippen MR) is 117 cm³/mol. The Morgan fingerprint density at radius 1 is 1.35 bits per heavy atom. The van der Waals surface area contributed by atoms with Crippen LogP contribution in [0.1, 0.15) is 38.0 Å². The molecule has 1 unspecified atom stereocenters. The van der Waals surface area contributed by atoms with E-state index in [9.17, 15) is 13.5 Å². The molecule has 1 heterocycles. The molecule has 0 saturated carbocycles. The van der Waals surface area contributed by atoms with Gasteiger partial charge in [0, 0.05) is 19.6 Å². The SMILES string of the molecule is CCNC(=NCC(O)c1ccc(C)cc1)N1CCS(=O)(=O)C(C)(C)C1.I. The van der Waals surface area contributed by atoms with E-state index in [1.165, 1.54) is 0 Å². The summed E-state index contributed by atoms with van der Waals surface area (Å²) in [5.41, 5.74) is 1.97. The standard InChI is InChI=1S/C18H29N3O3S.HI/c1-5-19-17(21-10-11-25(23,24)18(3,4)13-21)20-12-16(22)15-8-6-14(2)7-9-15;/h6-9,16,22H,5,10-13H2,1-4H3,(H,19,20);1H. The van der Waals surface area contributed by atoms with Crippen molar-refractivity contribution in [2.45, 2.75) is 38.5 Å². The highest BCUT2D eigenvalue weighted by Gasteiger charge is 2.40. The van der Waals surface area contributed by atoms with Crippen molar-refractivity contribution in [2.24, 2.45) is 4.99 Å². The van der Waals surface area contributed by atoms with Gasteiger partial charge in [0.15, 0.2) is 15.8 Å². The highest BCUT2D eigenvalue weighted by molar-refractivity contribution is 14.0. The number of aliphatic imine (C=N–C) groups is 1. The first kappa shape index (κ1) is 23.2. The molecule has 26 heavy (non-hydrogen) atoms. The second kappa shape index (κ2) is 9.36. The molecule has 0 amide bonds. The maximum Gasteiger partial charge on any atom is 0.194 e. The Labute approximate surface area is 174 Å². The van der Waals surface area contributed by atoms with Crippen LogP contribution >= 0.6 is 24.0 Å². The second-order valence-electron chi connectivity index (χ2n) is 7.12. The van der Waals surface area contributed by atoms with E-state index in [0.717, 1.165) is 11.1 Å². The lowest BCUT2D eigenvalue weighted by Gasteiger charge is -2.39. The first-order valence-corrected chi connectivity index (χ1v) is 10.3. The third-order valence-electron chi connectivity index (χ3n) is 4.55. The number of sulfone groups is 1. The summed E-state index contributed by atoms with van der Waals surface area (Å²) in [5, 5.41) is 13.6. The third-order valence-corrected chi connectivity index (χ3v) is 7.09. The number of aliphatic hydroxyl groups is 1. The largest absolute Gasteiger partial charge is 0.386 e. The minimum absolute atomic E-state index is 0. The van der Waals surface area contributed by atoms with Gasteiger partial charge in [-0.2, -0.15) is 0 Å². The molecule has 0 aromatic heterocycles. The van der Waals surface area contributed by atoms with E-state index in [0.29, 0.717) is 25.6 Å². The predicted octanol–water partition coefficient (Wildman–Crippen LogP) is 2.12. The normalized spacial score (nSPS) is 20.2. The number of nitrogens with one attached hydrogen (secondary N) is 1. The Bertz CT molecular complexity index is 718. The lowest BCUT2D eigenvalue weighted by molar-refractivity contribution is 0.186. The van der Waals surface area contributed by atoms with Crippen LogP contribution < -0.4 is 5.32 Å². The van der Waals surface area contributed by atoms with Crippen molar-refractivity contribution in [3.8, 4) is 0 Å². The van der Waals surface area contributed by atoms with Crippen molar-refractivity contribution >= 4 is 39.8 Å². The molecular formula is C18H30IN3O3S. The van der Waals surface area contributed by atoms with Crippen molar-refractivity contribution in [1.29, 1.82) is 0 Å². The molecule has 1 saturated heterocycles. The van der Waals surface area contributed by atoms with Gasteiger partial charge in [0.1, 0.15) is 0 Å². The molecule has 2 N–H and O–H groups in total. The summed E-state index contributed by atoms with van der Waals surface area (Å²) in [6, 6.07) is 7.73. The Kier molecular flexibility index (Phi) is 8.34. The quantitative estimate of drug-likeness (QED) is 0.380. The van der Waals surface area contributed by atoms with Gasteiger partial charge in [-0.1, -0.05) is 29.8 Å². The number of nitrogens with zero attached hydrogens (tertiary/aromatic N) is 2. The fourth-order valence-electron chi connectivity index (χ4n) is 2.82. The summed E-state index contributed by atoms with van der Waals surface area (Å²) in [6.45, 7) is 9.19. The van der Waals surface area contributed by atoms with E-state index in [-0.39, 0.29) is 36.3 Å². The molecule has 1 aromatic carbocycles. The average molecular weight is 495 g/mol. The monoisotopic (exact) mass is 495 g/mol. The van der Waals surface area contributed by atoms with Crippen molar-refractivity contribution in [3.05, 3.63) is 35.4 Å². The van der Waals surface area contributed by atoms with E-state index in [1.54, 1.807) is 13.8 Å². The van der Waals surface area contributed by atoms with E-state index in [1.807, 2.05) is 43.0 Å². The molecular weight excluding hydrogens is 465 g/mol. The minimum atomic E-state index is -3.09. The number of halogens is 1. The van der Waals surface area contributed by atoms with Gasteiger partial charge < -0.3 is 15.3 Å². The fourth-order valence-corrected chi connectivity index (χ4v) is 4.18. The molecule has 1 aromatic rings. The summed E-state index contributed by atoms with van der Waals surface area (Å²) < 4.78 is 23.6. The Morgan fingerprint density at radius 2 is 1.96 bits per heavy atom. The Hall–Kier alpha value is -0.870. The molecule has 0 radical (unpaired) electrons. The van der Waals surface area contributed by atoms with Gasteiger partial charge in [-0.25, -0.2) is 8.42 Å². The molecule has 0 spiro atoms. The summed E-state index contributed by atoms with van der Waals surface area (Å²) in [5.74, 6) is 0.766. The zero-order valence-corrected chi connectivity index (χ0v) is 19.0. The Balaban J connectivity index is 0.00000338. The minimum Gasteiger partial charge on any atom is -0.386 e. The van der Waals surface area contributed by atoms with Gasteiger partial charge >= 0.3 is 0 Å². The number of aliphatic hydroxyl groups excluding tert-OH is 1. The summed E-state index contributed by atoms with van der Waals surface area (Å²) in [7, 11) is -3.09. The van der Waals surface area contributed by atoms with Crippen LogP contribution in [0.5, 0.6) is 0 Å². The number of aryl methyl sites for hydroxylation is 1. The molecule has 6 nitrogen and oxygen atoms in total. The van der Waals surface area contributed by atoms with E-state index in [4.69, 9.17) is 0 Å². The maximum atomic E-state index is 12.2. The summed E-state index contributed by atoms with van der Waals surface area (Å²) >= 11 is 0. The van der Waals surface area contributed by atoms with E-state index in [2.05, 4.69) is 10.3 Å². The zero-order chi connectivity index (χ0) is 18.7. The third kappa shape index (κ3) is 5.56. The van der Waals surface area contributed by atoms with Gasteiger partial charge in [-0.15, -0.1) is 24.0 Å². The molecule has 8 heteroatoms. The van der Waals surface area contributed by atoms with Crippen LogP contribution in [0.25, 0.3) is 0 Å². The first-order valence-electron chi connectivity index (χ1n) is 8.66. The Morgan fingerprint density at radius 3 is 2.50 bits per heavy atom. The molecule has 1 aliphatic heterocycles. The summed E-state index contributed by atoms with van der Waals surface area (Å²) in [6.07, 6.45) is -0.684. The topological polar surface area (TPSA) is 82.0 Å². The van der Waals surface area contributed by atoms with Gasteiger partial charge in [-0.05, 0) is 33.3 Å². The molecule has 1 atom stereocenters. The van der Waals surface area contributed by atoms with Crippen LogP contribution in [-0.4, -0.2) is 61.1 Å². The average Bonchev–Trinajstić information content (AvgIpc) is 2.54. The fraction of sp³-hybridized carbons (Fsp3) is 0.611. The number of hydrogen-bond acceptors (Lipinski definition) is 4. The van der Waals surface area contributed by atoms with E-state index >= 15 is 0 Å². The zero-order valence-electron chi connectivity index (χ0n) is 15.9. The lowest BCUT2D eigenvalue weighted by Crippen LogP contribution is -2.57. The number of guanidine groups is 1. The molecule has 148 valence electrons. The van der Waals surface area contributed by atoms with Crippen LogP contribution in [0, 0.1) is 6.92 Å². The van der Waals surface area contributed by atoms with E-state index < -0.39 is 20.7 Å². The second-order valence-corrected chi connectivity index (χ2v) is 9.86. The van der Waals surface area contributed by atoms with Crippen LogP contribution in [-0.2, 0) is 9.84 Å². The molecule has 1 fully saturated rings. The number of benzene rings is 1. The van der Waals surface area contributed by atoms with Crippen LogP contribution in [0.4, 0.5) is 0 Å². The smallest absolute Gasteiger partial charge is 0.194 e. The molecule has 2 rings (SSSR count). The highest BCUT2D eigenvalue weighted by Crippen LogP contribution is 2.24. The van der Waals surface area contributed by atoms with Gasteiger partial charge in [-0.3, -0.25) is 4.99 Å². The van der Waals surface area contributed by atoms with Crippen molar-refractivity contribution < 1.29 is 13.5 Å². The molecule has 0 bridgehead atoms. The van der Waals surface area contributed by atoms with Crippen LogP contribution in [0.15, 0.2) is 29.3 Å². The summed E-state index contributed by atoms with van der Waals surface area (Å²) in [4.78, 5) is 6.50. The van der Waals surface area contributed by atoms with Crippen LogP contribution in [0.2, 0.25) is 0 Å². The highest BCUT2D eigenvalue weighted by atomic mass is 127. The molecule has 0 aliphatic carbocycles.